The summed E-state index contributed by atoms with van der Waals surface area (Å²) in [6.07, 6.45) is 15.1. The maximum atomic E-state index is 11.3. The van der Waals surface area contributed by atoms with Gasteiger partial charge in [0.25, 0.3) is 0 Å². The molecule has 0 rings (SSSR count). The molecule has 0 bridgehead atoms. The molecule has 0 aromatic rings. The van der Waals surface area contributed by atoms with Crippen LogP contribution in [0.5, 0.6) is 0 Å². The first-order valence-electron chi connectivity index (χ1n) is 11.2. The zero-order valence-electron chi connectivity index (χ0n) is 18.7. The van der Waals surface area contributed by atoms with Crippen LogP contribution in [0.3, 0.4) is 0 Å². The van der Waals surface area contributed by atoms with Crippen molar-refractivity contribution < 1.29 is 24.6 Å². The molecule has 3 atom stereocenters. The van der Waals surface area contributed by atoms with Crippen molar-refractivity contribution in [2.45, 2.75) is 96.2 Å². The van der Waals surface area contributed by atoms with E-state index in [-0.39, 0.29) is 6.42 Å². The number of unbranched alkanes of at least 4 members (excludes halogenated alkanes) is 7. The van der Waals surface area contributed by atoms with Gasteiger partial charge in [0.05, 0.1) is 27.2 Å². The van der Waals surface area contributed by atoms with E-state index in [2.05, 4.69) is 19.1 Å². The lowest BCUT2D eigenvalue weighted by Gasteiger charge is -2.31. The zero-order chi connectivity index (χ0) is 21.4. The van der Waals surface area contributed by atoms with Crippen LogP contribution < -0.4 is 5.11 Å². The summed E-state index contributed by atoms with van der Waals surface area (Å²) in [5.41, 5.74) is 0. The van der Waals surface area contributed by atoms with Crippen LogP contribution in [0.25, 0.3) is 0 Å². The predicted molar refractivity (Wildman–Crippen MR) is 114 cm³/mol. The lowest BCUT2D eigenvalue weighted by molar-refractivity contribution is -0.874. The van der Waals surface area contributed by atoms with E-state index in [1.165, 1.54) is 32.1 Å². The molecule has 2 N–H and O–H groups in total. The van der Waals surface area contributed by atoms with Crippen molar-refractivity contribution in [1.82, 2.24) is 0 Å². The van der Waals surface area contributed by atoms with Gasteiger partial charge >= 0.3 is 0 Å². The normalized spacial score (nSPS) is 15.6. The lowest BCUT2D eigenvalue weighted by Crippen LogP contribution is -2.48. The number of allylic oxidation sites excluding steroid dienone is 2. The second-order valence-electron chi connectivity index (χ2n) is 9.16. The van der Waals surface area contributed by atoms with Crippen molar-refractivity contribution in [2.24, 2.45) is 5.92 Å². The van der Waals surface area contributed by atoms with Crippen LogP contribution in [-0.4, -0.2) is 60.6 Å². The number of nitrogens with zero attached hydrogens (tertiary/aromatic N) is 1. The molecule has 0 spiro atoms. The van der Waals surface area contributed by atoms with Crippen molar-refractivity contribution in [3.8, 4) is 0 Å². The third-order valence-electron chi connectivity index (χ3n) is 5.11. The summed E-state index contributed by atoms with van der Waals surface area (Å²) in [7, 11) is 5.73. The Bertz CT molecular complexity index is 417. The van der Waals surface area contributed by atoms with E-state index < -0.39 is 24.1 Å². The highest BCUT2D eigenvalue weighted by molar-refractivity contribution is 5.68. The third kappa shape index (κ3) is 16.1. The number of rotatable bonds is 18. The molecule has 0 aliphatic carbocycles. The monoisotopic (exact) mass is 399 g/mol. The van der Waals surface area contributed by atoms with Crippen LogP contribution in [-0.2, 0) is 4.79 Å². The van der Waals surface area contributed by atoms with E-state index in [4.69, 9.17) is 0 Å². The molecule has 3 unspecified atom stereocenters. The van der Waals surface area contributed by atoms with E-state index >= 15 is 0 Å². The molecule has 0 aromatic heterocycles. The Kier molecular flexibility index (Phi) is 15.4. The van der Waals surface area contributed by atoms with Crippen molar-refractivity contribution >= 4 is 5.97 Å². The molecule has 0 amide bonds. The molecular weight excluding hydrogens is 354 g/mol. The molecular formula is C23H45NO4. The predicted octanol–water partition coefficient (Wildman–Crippen LogP) is 3.04. The first-order chi connectivity index (χ1) is 13.2. The summed E-state index contributed by atoms with van der Waals surface area (Å²) < 4.78 is 0.487. The number of hydrogen-bond donors (Lipinski definition) is 2. The maximum absolute atomic E-state index is 11.3. The Labute approximate surface area is 173 Å². The smallest absolute Gasteiger partial charge is 0.111 e. The molecule has 0 aliphatic heterocycles. The topological polar surface area (TPSA) is 80.6 Å². The van der Waals surface area contributed by atoms with Gasteiger partial charge in [0, 0.05) is 11.9 Å². The Morgan fingerprint density at radius 2 is 1.46 bits per heavy atom. The number of carbonyl (C=O) groups excluding carboxylic acids is 1. The fourth-order valence-corrected chi connectivity index (χ4v) is 3.42. The van der Waals surface area contributed by atoms with Crippen molar-refractivity contribution in [1.29, 1.82) is 0 Å². The quantitative estimate of drug-likeness (QED) is 0.211. The van der Waals surface area contributed by atoms with E-state index in [1.807, 2.05) is 21.1 Å². The number of carbonyl (C=O) groups is 1. The molecule has 0 radical (unpaired) electrons. The van der Waals surface area contributed by atoms with Crippen molar-refractivity contribution in [2.75, 3.05) is 27.7 Å². The second-order valence-corrected chi connectivity index (χ2v) is 9.16. The minimum absolute atomic E-state index is 0.255. The Hall–Kier alpha value is -0.910. The first-order valence-corrected chi connectivity index (χ1v) is 11.2. The van der Waals surface area contributed by atoms with Crippen molar-refractivity contribution in [3.05, 3.63) is 12.2 Å². The number of hydrogen-bond acceptors (Lipinski definition) is 4. The van der Waals surface area contributed by atoms with Crippen LogP contribution in [0.4, 0.5) is 0 Å². The van der Waals surface area contributed by atoms with E-state index in [9.17, 15) is 20.1 Å². The summed E-state index contributed by atoms with van der Waals surface area (Å²) in [5, 5.41) is 31.6. The third-order valence-corrected chi connectivity index (χ3v) is 5.11. The number of carboxylic acid groups (broad SMARTS) is 1. The van der Waals surface area contributed by atoms with Crippen LogP contribution in [0.2, 0.25) is 0 Å². The SMILES string of the molecule is CCCCCC/C=C\CCCCCC(O)CCC(C(=O)[O-])C(O)C[N+](C)(C)C. The largest absolute Gasteiger partial charge is 0.550 e. The highest BCUT2D eigenvalue weighted by atomic mass is 16.4. The molecule has 0 aliphatic rings. The van der Waals surface area contributed by atoms with Crippen LogP contribution >= 0.6 is 0 Å². The summed E-state index contributed by atoms with van der Waals surface area (Å²) in [6, 6.07) is 0. The second kappa shape index (κ2) is 15.9. The van der Waals surface area contributed by atoms with Crippen LogP contribution in [0.1, 0.15) is 84.0 Å². The highest BCUT2D eigenvalue weighted by Gasteiger charge is 2.26. The van der Waals surface area contributed by atoms with Crippen LogP contribution in [0.15, 0.2) is 12.2 Å². The molecule has 0 saturated carbocycles. The van der Waals surface area contributed by atoms with E-state index in [0.717, 1.165) is 25.7 Å². The standard InChI is InChI=1S/C23H45NO4/c1-5-6-7-8-9-10-11-12-13-14-15-16-20(25)17-18-21(23(27)28)22(26)19-24(2,3)4/h10-11,20-22,25-26H,5-9,12-19H2,1-4H3/b11-10-. The van der Waals surface area contributed by atoms with Crippen LogP contribution in [0, 0.1) is 5.92 Å². The number of likely N-dealkylation sites (N-methyl/N-ethyl adjacent to an activating group) is 1. The summed E-state index contributed by atoms with van der Waals surface area (Å²) in [6.45, 7) is 2.57. The van der Waals surface area contributed by atoms with Gasteiger partial charge in [-0.25, -0.2) is 0 Å². The fourth-order valence-electron chi connectivity index (χ4n) is 3.42. The van der Waals surface area contributed by atoms with Gasteiger partial charge in [-0.1, -0.05) is 51.2 Å². The Balaban J connectivity index is 3.86. The number of quaternary nitrogens is 1. The summed E-state index contributed by atoms with van der Waals surface area (Å²) in [5.74, 6) is -2.15. The van der Waals surface area contributed by atoms with Gasteiger partial charge in [-0.15, -0.1) is 0 Å². The van der Waals surface area contributed by atoms with E-state index in [0.29, 0.717) is 23.9 Å². The molecule has 0 saturated heterocycles. The minimum atomic E-state index is -1.23. The van der Waals surface area contributed by atoms with Gasteiger partial charge in [0.2, 0.25) is 0 Å². The van der Waals surface area contributed by atoms with Gasteiger partial charge < -0.3 is 24.6 Å². The zero-order valence-corrected chi connectivity index (χ0v) is 18.7. The fraction of sp³-hybridized carbons (Fsp3) is 0.870. The van der Waals surface area contributed by atoms with Gasteiger partial charge in [0.15, 0.2) is 0 Å². The van der Waals surface area contributed by atoms with Gasteiger partial charge in [-0.05, 0) is 44.9 Å². The molecule has 5 nitrogen and oxygen atoms in total. The average molecular weight is 400 g/mol. The summed E-state index contributed by atoms with van der Waals surface area (Å²) in [4.78, 5) is 11.3. The van der Waals surface area contributed by atoms with Gasteiger partial charge in [-0.2, -0.15) is 0 Å². The lowest BCUT2D eigenvalue weighted by atomic mass is 9.93. The average Bonchev–Trinajstić information content (AvgIpc) is 2.58. The number of aliphatic carboxylic acids is 1. The molecule has 166 valence electrons. The molecule has 28 heavy (non-hydrogen) atoms. The number of carboxylic acids is 1. The molecule has 5 heteroatoms. The molecule has 0 fully saturated rings. The minimum Gasteiger partial charge on any atom is -0.550 e. The number of aliphatic hydroxyl groups is 2. The van der Waals surface area contributed by atoms with Gasteiger partial charge in [0.1, 0.15) is 12.6 Å². The molecule has 0 heterocycles. The molecule has 0 aromatic carbocycles. The Morgan fingerprint density at radius 1 is 0.893 bits per heavy atom. The van der Waals surface area contributed by atoms with Gasteiger partial charge in [-0.3, -0.25) is 0 Å². The van der Waals surface area contributed by atoms with E-state index in [1.54, 1.807) is 0 Å². The first kappa shape index (κ1) is 27.1. The maximum Gasteiger partial charge on any atom is 0.111 e. The van der Waals surface area contributed by atoms with Crippen molar-refractivity contribution in [3.63, 3.8) is 0 Å². The summed E-state index contributed by atoms with van der Waals surface area (Å²) >= 11 is 0. The Morgan fingerprint density at radius 3 is 1.96 bits per heavy atom. The highest BCUT2D eigenvalue weighted by Crippen LogP contribution is 2.18. The number of aliphatic hydroxyl groups excluding tert-OH is 2.